The number of nitrogens with zero attached hydrogens (tertiary/aromatic N) is 1. The molecule has 0 atom stereocenters. The van der Waals surface area contributed by atoms with Crippen LogP contribution in [0.1, 0.15) is 55.8 Å². The highest BCUT2D eigenvalue weighted by Crippen LogP contribution is 2.10. The largest absolute Gasteiger partial charge is 0.294 e. The maximum atomic E-state index is 12.8. The summed E-state index contributed by atoms with van der Waals surface area (Å²) in [5.41, 5.74) is 0.385. The van der Waals surface area contributed by atoms with E-state index in [9.17, 15) is 9.18 Å². The average Bonchev–Trinajstić information content (AvgIpc) is 2.28. The summed E-state index contributed by atoms with van der Waals surface area (Å²) in [7, 11) is 0. The van der Waals surface area contributed by atoms with Gasteiger partial charge in [-0.3, -0.25) is 9.78 Å². The highest BCUT2D eigenvalue weighted by atomic mass is 19.1. The molecule has 2 nitrogen and oxygen atoms in total. The lowest BCUT2D eigenvalue weighted by Gasteiger charge is -2.01. The van der Waals surface area contributed by atoms with Crippen molar-refractivity contribution in [2.75, 3.05) is 0 Å². The lowest BCUT2D eigenvalue weighted by Crippen LogP contribution is -2.00. The predicted molar refractivity (Wildman–Crippen MR) is 61.9 cm³/mol. The van der Waals surface area contributed by atoms with E-state index in [1.54, 1.807) is 0 Å². The molecule has 0 amide bonds. The molecule has 0 aliphatic rings. The van der Waals surface area contributed by atoms with Crippen molar-refractivity contribution in [3.63, 3.8) is 0 Å². The summed E-state index contributed by atoms with van der Waals surface area (Å²) in [5, 5.41) is 0. The van der Waals surface area contributed by atoms with Gasteiger partial charge in [-0.15, -0.1) is 0 Å². The quantitative estimate of drug-likeness (QED) is 0.520. The van der Waals surface area contributed by atoms with Crippen LogP contribution in [-0.4, -0.2) is 10.8 Å². The molecule has 0 fully saturated rings. The van der Waals surface area contributed by atoms with Gasteiger partial charge in [0.1, 0.15) is 5.82 Å². The number of ketones is 1. The molecule has 0 saturated heterocycles. The van der Waals surface area contributed by atoms with Crippen LogP contribution in [0.25, 0.3) is 0 Å². The Bertz CT molecular complexity index is 338. The highest BCUT2D eigenvalue weighted by Gasteiger charge is 2.06. The van der Waals surface area contributed by atoms with Gasteiger partial charge in [-0.25, -0.2) is 4.39 Å². The molecule has 0 bridgehead atoms. The zero-order valence-corrected chi connectivity index (χ0v) is 9.71. The van der Waals surface area contributed by atoms with Crippen molar-refractivity contribution < 1.29 is 9.18 Å². The normalized spacial score (nSPS) is 10.4. The standard InChI is InChI=1S/C13H18FNO/c1-2-3-4-5-6-7-13(16)11-8-12(14)10-15-9-11/h8-10H,2-7H2,1H3. The number of pyridine rings is 1. The van der Waals surface area contributed by atoms with Gasteiger partial charge in [0.15, 0.2) is 5.78 Å². The van der Waals surface area contributed by atoms with Gasteiger partial charge < -0.3 is 0 Å². The predicted octanol–water partition coefficient (Wildman–Crippen LogP) is 3.76. The summed E-state index contributed by atoms with van der Waals surface area (Å²) >= 11 is 0. The average molecular weight is 223 g/mol. The Balaban J connectivity index is 2.30. The SMILES string of the molecule is CCCCCCCC(=O)c1cncc(F)c1. The molecule has 88 valence electrons. The van der Waals surface area contributed by atoms with Crippen LogP contribution in [0.4, 0.5) is 4.39 Å². The Morgan fingerprint density at radius 1 is 1.25 bits per heavy atom. The van der Waals surface area contributed by atoms with E-state index < -0.39 is 5.82 Å². The molecule has 16 heavy (non-hydrogen) atoms. The first-order chi connectivity index (χ1) is 7.74. The maximum Gasteiger partial charge on any atom is 0.164 e. The van der Waals surface area contributed by atoms with Gasteiger partial charge >= 0.3 is 0 Å². The van der Waals surface area contributed by atoms with Crippen LogP contribution in [0.2, 0.25) is 0 Å². The second-order valence-electron chi connectivity index (χ2n) is 3.98. The molecule has 0 radical (unpaired) electrons. The zero-order valence-electron chi connectivity index (χ0n) is 9.71. The summed E-state index contributed by atoms with van der Waals surface area (Å²) in [4.78, 5) is 15.3. The van der Waals surface area contributed by atoms with E-state index in [1.807, 2.05) is 0 Å². The highest BCUT2D eigenvalue weighted by molar-refractivity contribution is 5.95. The Kier molecular flexibility index (Phi) is 5.68. The summed E-state index contributed by atoms with van der Waals surface area (Å²) in [6.45, 7) is 2.16. The number of rotatable bonds is 7. The van der Waals surface area contributed by atoms with Gasteiger partial charge in [-0.1, -0.05) is 32.6 Å². The smallest absolute Gasteiger partial charge is 0.164 e. The van der Waals surface area contributed by atoms with Crippen LogP contribution >= 0.6 is 0 Å². The van der Waals surface area contributed by atoms with E-state index in [1.165, 1.54) is 31.5 Å². The van der Waals surface area contributed by atoms with Gasteiger partial charge in [0.25, 0.3) is 0 Å². The van der Waals surface area contributed by atoms with E-state index in [0.717, 1.165) is 19.0 Å². The third-order valence-electron chi connectivity index (χ3n) is 2.53. The number of carbonyl (C=O) groups excluding carboxylic acids is 1. The Hall–Kier alpha value is -1.25. The van der Waals surface area contributed by atoms with E-state index in [4.69, 9.17) is 0 Å². The van der Waals surface area contributed by atoms with E-state index >= 15 is 0 Å². The van der Waals surface area contributed by atoms with E-state index in [0.29, 0.717) is 12.0 Å². The number of aromatic nitrogens is 1. The summed E-state index contributed by atoms with van der Waals surface area (Å²) in [6.07, 6.45) is 8.57. The summed E-state index contributed by atoms with van der Waals surface area (Å²) in [5.74, 6) is -0.458. The minimum absolute atomic E-state index is 0.0106. The van der Waals surface area contributed by atoms with Crippen LogP contribution in [0.15, 0.2) is 18.5 Å². The fraction of sp³-hybridized carbons (Fsp3) is 0.538. The molecule has 0 unspecified atom stereocenters. The number of unbranched alkanes of at least 4 members (excludes halogenated alkanes) is 4. The molecule has 0 aliphatic carbocycles. The van der Waals surface area contributed by atoms with E-state index in [-0.39, 0.29) is 5.78 Å². The van der Waals surface area contributed by atoms with Gasteiger partial charge in [0.2, 0.25) is 0 Å². The van der Waals surface area contributed by atoms with Crippen molar-refractivity contribution in [2.24, 2.45) is 0 Å². The number of hydrogen-bond acceptors (Lipinski definition) is 2. The molecule has 3 heteroatoms. The molecule has 1 aromatic heterocycles. The van der Waals surface area contributed by atoms with Crippen LogP contribution in [-0.2, 0) is 0 Å². The first-order valence-corrected chi connectivity index (χ1v) is 5.87. The van der Waals surface area contributed by atoms with Crippen molar-refractivity contribution >= 4 is 5.78 Å². The fourth-order valence-electron chi connectivity index (χ4n) is 1.60. The molecule has 0 N–H and O–H groups in total. The second-order valence-corrected chi connectivity index (χ2v) is 3.98. The molecule has 0 aromatic carbocycles. The van der Waals surface area contributed by atoms with Crippen LogP contribution < -0.4 is 0 Å². The lowest BCUT2D eigenvalue weighted by atomic mass is 10.1. The van der Waals surface area contributed by atoms with Gasteiger partial charge in [-0.05, 0) is 12.5 Å². The van der Waals surface area contributed by atoms with Gasteiger partial charge in [-0.2, -0.15) is 0 Å². The first kappa shape index (κ1) is 12.8. The topological polar surface area (TPSA) is 30.0 Å². The molecule has 1 heterocycles. The van der Waals surface area contributed by atoms with Crippen LogP contribution in [0.5, 0.6) is 0 Å². The van der Waals surface area contributed by atoms with Crippen molar-refractivity contribution in [1.82, 2.24) is 4.98 Å². The third-order valence-corrected chi connectivity index (χ3v) is 2.53. The Morgan fingerprint density at radius 2 is 2.00 bits per heavy atom. The molecular formula is C13H18FNO. The number of carbonyl (C=O) groups is 1. The van der Waals surface area contributed by atoms with Crippen molar-refractivity contribution in [1.29, 1.82) is 0 Å². The van der Waals surface area contributed by atoms with Crippen molar-refractivity contribution in [3.8, 4) is 0 Å². The van der Waals surface area contributed by atoms with Crippen molar-refractivity contribution in [3.05, 3.63) is 29.8 Å². The summed E-state index contributed by atoms with van der Waals surface area (Å²) < 4.78 is 12.8. The molecule has 0 aliphatic heterocycles. The van der Waals surface area contributed by atoms with Gasteiger partial charge in [0.05, 0.1) is 6.20 Å². The lowest BCUT2D eigenvalue weighted by molar-refractivity contribution is 0.0978. The number of hydrogen-bond donors (Lipinski definition) is 0. The minimum Gasteiger partial charge on any atom is -0.294 e. The van der Waals surface area contributed by atoms with Gasteiger partial charge in [0, 0.05) is 18.2 Å². The third kappa shape index (κ3) is 4.51. The summed E-state index contributed by atoms with van der Waals surface area (Å²) in [6, 6.07) is 1.25. The molecule has 0 spiro atoms. The Morgan fingerprint density at radius 3 is 2.69 bits per heavy atom. The number of Topliss-reactive ketones (excluding diaryl/α,β-unsaturated/α-hetero) is 1. The fourth-order valence-corrected chi connectivity index (χ4v) is 1.60. The Labute approximate surface area is 95.9 Å². The second kappa shape index (κ2) is 7.09. The minimum atomic E-state index is -0.447. The molecule has 0 saturated carbocycles. The maximum absolute atomic E-state index is 12.8. The molecular weight excluding hydrogens is 205 g/mol. The monoisotopic (exact) mass is 223 g/mol. The zero-order chi connectivity index (χ0) is 11.8. The molecule has 1 rings (SSSR count). The van der Waals surface area contributed by atoms with E-state index in [2.05, 4.69) is 11.9 Å². The first-order valence-electron chi connectivity index (χ1n) is 5.87. The molecule has 1 aromatic rings. The van der Waals surface area contributed by atoms with Crippen molar-refractivity contribution in [2.45, 2.75) is 45.4 Å². The van der Waals surface area contributed by atoms with Crippen LogP contribution in [0, 0.1) is 5.82 Å². The van der Waals surface area contributed by atoms with Crippen LogP contribution in [0.3, 0.4) is 0 Å². The number of halogens is 1.